The molecule has 25 heavy (non-hydrogen) atoms. The molecule has 0 unspecified atom stereocenters. The number of hydrogen-bond donors (Lipinski definition) is 0. The zero-order valence-corrected chi connectivity index (χ0v) is 13.8. The maximum absolute atomic E-state index is 12.4. The third-order valence-electron chi connectivity index (χ3n) is 3.55. The summed E-state index contributed by atoms with van der Waals surface area (Å²) in [6.07, 6.45) is 1.65. The number of rotatable bonds is 5. The number of esters is 1. The highest BCUT2D eigenvalue weighted by molar-refractivity contribution is 6.14. The van der Waals surface area contributed by atoms with E-state index < -0.39 is 5.97 Å². The molecule has 6 nitrogen and oxygen atoms in total. The Balaban J connectivity index is 1.80. The fourth-order valence-electron chi connectivity index (χ4n) is 2.36. The Morgan fingerprint density at radius 2 is 1.80 bits per heavy atom. The average Bonchev–Trinajstić information content (AvgIpc) is 2.91. The van der Waals surface area contributed by atoms with E-state index in [9.17, 15) is 9.59 Å². The number of ether oxygens (including phenoxy) is 4. The molecule has 1 aliphatic heterocycles. The van der Waals surface area contributed by atoms with Gasteiger partial charge in [0.1, 0.15) is 23.9 Å². The standard InChI is InChI=1S/C19H16O6/c1-22-11-18(20)24-14-7-8-15-16(10-14)25-17(19(15)21)9-12-3-5-13(23-2)6-4-12/h3-10H,11H2,1-2H3/b17-9-. The van der Waals surface area contributed by atoms with E-state index >= 15 is 0 Å². The minimum atomic E-state index is -0.527. The number of hydrogen-bond acceptors (Lipinski definition) is 6. The third kappa shape index (κ3) is 3.70. The van der Waals surface area contributed by atoms with Crippen LogP contribution >= 0.6 is 0 Å². The Kier molecular flexibility index (Phi) is 4.81. The van der Waals surface area contributed by atoms with Crippen LogP contribution in [0.4, 0.5) is 0 Å². The zero-order chi connectivity index (χ0) is 17.8. The molecule has 0 amide bonds. The molecule has 0 N–H and O–H groups in total. The van der Waals surface area contributed by atoms with Crippen molar-refractivity contribution in [2.24, 2.45) is 0 Å². The van der Waals surface area contributed by atoms with Crippen LogP contribution in [-0.2, 0) is 9.53 Å². The number of Topliss-reactive ketones (excluding diaryl/α,β-unsaturated/α-hetero) is 1. The molecule has 0 atom stereocenters. The molecule has 0 radical (unpaired) electrons. The summed E-state index contributed by atoms with van der Waals surface area (Å²) in [5, 5.41) is 0. The quantitative estimate of drug-likeness (QED) is 0.473. The molecule has 0 spiro atoms. The van der Waals surface area contributed by atoms with Crippen LogP contribution in [0.5, 0.6) is 17.2 Å². The number of benzene rings is 2. The van der Waals surface area contributed by atoms with E-state index in [4.69, 9.17) is 18.9 Å². The zero-order valence-electron chi connectivity index (χ0n) is 13.8. The maximum atomic E-state index is 12.4. The average molecular weight is 340 g/mol. The highest BCUT2D eigenvalue weighted by Gasteiger charge is 2.28. The first kappa shape index (κ1) is 16.7. The molecule has 2 aromatic carbocycles. The first-order valence-electron chi connectivity index (χ1n) is 7.52. The van der Waals surface area contributed by atoms with Crippen LogP contribution in [0.15, 0.2) is 48.2 Å². The Labute approximate surface area is 144 Å². The van der Waals surface area contributed by atoms with Gasteiger partial charge >= 0.3 is 5.97 Å². The van der Waals surface area contributed by atoms with Crippen molar-refractivity contribution >= 4 is 17.8 Å². The predicted octanol–water partition coefficient (Wildman–Crippen LogP) is 2.86. The van der Waals surface area contributed by atoms with Gasteiger partial charge in [0.2, 0.25) is 5.78 Å². The molecule has 0 aromatic heterocycles. The highest BCUT2D eigenvalue weighted by atomic mass is 16.6. The summed E-state index contributed by atoms with van der Waals surface area (Å²) in [5.41, 5.74) is 1.23. The van der Waals surface area contributed by atoms with Crippen LogP contribution in [0.25, 0.3) is 6.08 Å². The van der Waals surface area contributed by atoms with Crippen LogP contribution in [-0.4, -0.2) is 32.6 Å². The minimum absolute atomic E-state index is 0.153. The van der Waals surface area contributed by atoms with E-state index in [1.807, 2.05) is 12.1 Å². The predicted molar refractivity (Wildman–Crippen MR) is 89.9 cm³/mol. The van der Waals surface area contributed by atoms with Crippen LogP contribution in [0.1, 0.15) is 15.9 Å². The largest absolute Gasteiger partial charge is 0.497 e. The maximum Gasteiger partial charge on any atom is 0.337 e. The Bertz CT molecular complexity index is 835. The van der Waals surface area contributed by atoms with Gasteiger partial charge in [0, 0.05) is 13.2 Å². The fraction of sp³-hybridized carbons (Fsp3) is 0.158. The Morgan fingerprint density at radius 3 is 2.48 bits per heavy atom. The summed E-state index contributed by atoms with van der Waals surface area (Å²) in [6, 6.07) is 11.9. The van der Waals surface area contributed by atoms with Crippen molar-refractivity contribution < 1.29 is 28.5 Å². The van der Waals surface area contributed by atoms with Gasteiger partial charge in [-0.2, -0.15) is 0 Å². The Morgan fingerprint density at radius 1 is 1.08 bits per heavy atom. The SMILES string of the molecule is COCC(=O)Oc1ccc2c(c1)O/C(=C\c1ccc(OC)cc1)C2=O. The number of carbonyl (C=O) groups excluding carboxylic acids is 2. The third-order valence-corrected chi connectivity index (χ3v) is 3.55. The lowest BCUT2D eigenvalue weighted by molar-refractivity contribution is -0.138. The van der Waals surface area contributed by atoms with Gasteiger partial charge in [0.05, 0.1) is 12.7 Å². The summed E-state index contributed by atoms with van der Waals surface area (Å²) in [6.45, 7) is -0.153. The molecule has 0 bridgehead atoms. The van der Waals surface area contributed by atoms with Gasteiger partial charge in [-0.3, -0.25) is 4.79 Å². The Hall–Kier alpha value is -3.12. The van der Waals surface area contributed by atoms with E-state index in [1.54, 1.807) is 37.5 Å². The second-order valence-corrected chi connectivity index (χ2v) is 5.28. The van der Waals surface area contributed by atoms with E-state index in [0.717, 1.165) is 11.3 Å². The van der Waals surface area contributed by atoms with Crippen molar-refractivity contribution in [1.82, 2.24) is 0 Å². The molecule has 1 heterocycles. The van der Waals surface area contributed by atoms with E-state index in [-0.39, 0.29) is 18.1 Å². The van der Waals surface area contributed by atoms with Gasteiger partial charge in [-0.05, 0) is 35.9 Å². The summed E-state index contributed by atoms with van der Waals surface area (Å²) in [4.78, 5) is 23.9. The molecule has 0 saturated carbocycles. The van der Waals surface area contributed by atoms with E-state index in [1.165, 1.54) is 13.2 Å². The summed E-state index contributed by atoms with van der Waals surface area (Å²) < 4.78 is 20.5. The van der Waals surface area contributed by atoms with Gasteiger partial charge in [0.15, 0.2) is 5.76 Å². The topological polar surface area (TPSA) is 71.1 Å². The van der Waals surface area contributed by atoms with Gasteiger partial charge in [0.25, 0.3) is 0 Å². The van der Waals surface area contributed by atoms with Gasteiger partial charge in [-0.25, -0.2) is 4.79 Å². The first-order chi connectivity index (χ1) is 12.1. The van der Waals surface area contributed by atoms with Crippen molar-refractivity contribution in [2.45, 2.75) is 0 Å². The van der Waals surface area contributed by atoms with Crippen molar-refractivity contribution in [1.29, 1.82) is 0 Å². The highest BCUT2D eigenvalue weighted by Crippen LogP contribution is 2.35. The van der Waals surface area contributed by atoms with Crippen molar-refractivity contribution in [3.05, 3.63) is 59.4 Å². The number of fused-ring (bicyclic) bond motifs is 1. The summed E-state index contributed by atoms with van der Waals surface area (Å²) in [7, 11) is 2.99. The number of allylic oxidation sites excluding steroid dienone is 1. The first-order valence-corrected chi connectivity index (χ1v) is 7.52. The normalized spacial score (nSPS) is 14.2. The van der Waals surface area contributed by atoms with Crippen molar-refractivity contribution in [3.63, 3.8) is 0 Å². The fourth-order valence-corrected chi connectivity index (χ4v) is 2.36. The second kappa shape index (κ2) is 7.19. The van der Waals surface area contributed by atoms with Gasteiger partial charge in [-0.15, -0.1) is 0 Å². The number of carbonyl (C=O) groups is 2. The van der Waals surface area contributed by atoms with Crippen molar-refractivity contribution in [3.8, 4) is 17.2 Å². The molecule has 128 valence electrons. The lowest BCUT2D eigenvalue weighted by atomic mass is 10.1. The molecular weight excluding hydrogens is 324 g/mol. The van der Waals surface area contributed by atoms with Crippen LogP contribution in [0.3, 0.4) is 0 Å². The van der Waals surface area contributed by atoms with Crippen LogP contribution < -0.4 is 14.2 Å². The molecular formula is C19H16O6. The molecule has 0 aliphatic carbocycles. The molecule has 0 saturated heterocycles. The van der Waals surface area contributed by atoms with E-state index in [0.29, 0.717) is 17.1 Å². The lowest BCUT2D eigenvalue weighted by Gasteiger charge is -2.04. The van der Waals surface area contributed by atoms with Crippen LogP contribution in [0.2, 0.25) is 0 Å². The summed E-state index contributed by atoms with van der Waals surface area (Å²) >= 11 is 0. The van der Waals surface area contributed by atoms with Gasteiger partial charge < -0.3 is 18.9 Å². The molecule has 3 rings (SSSR count). The number of methoxy groups -OCH3 is 2. The second-order valence-electron chi connectivity index (χ2n) is 5.28. The van der Waals surface area contributed by atoms with Crippen molar-refractivity contribution in [2.75, 3.05) is 20.8 Å². The molecule has 6 heteroatoms. The van der Waals surface area contributed by atoms with E-state index in [2.05, 4.69) is 0 Å². The monoisotopic (exact) mass is 340 g/mol. The van der Waals surface area contributed by atoms with Crippen LogP contribution in [0, 0.1) is 0 Å². The summed E-state index contributed by atoms with van der Waals surface area (Å²) in [5.74, 6) is 0.834. The molecule has 0 fully saturated rings. The number of ketones is 1. The molecule has 1 aliphatic rings. The molecule has 2 aromatic rings. The lowest BCUT2D eigenvalue weighted by Crippen LogP contribution is -2.14. The minimum Gasteiger partial charge on any atom is -0.497 e. The van der Waals surface area contributed by atoms with Gasteiger partial charge in [-0.1, -0.05) is 12.1 Å². The smallest absolute Gasteiger partial charge is 0.337 e.